The lowest BCUT2D eigenvalue weighted by Crippen LogP contribution is -2.40. The third kappa shape index (κ3) is 4.18. The van der Waals surface area contributed by atoms with Crippen molar-refractivity contribution in [3.8, 4) is 5.75 Å². The molecule has 106 valence electrons. The standard InChI is InChI=1S/C15H22FNO2/c1-17(12-15(18)8-4-5-9-15)10-11-19-14-7-3-2-6-13(14)16/h2-3,6-7,18H,4-5,8-12H2,1H3. The van der Waals surface area contributed by atoms with Gasteiger partial charge in [-0.25, -0.2) is 4.39 Å². The molecular weight excluding hydrogens is 245 g/mol. The number of para-hydroxylation sites is 1. The second kappa shape index (κ2) is 6.35. The van der Waals surface area contributed by atoms with Gasteiger partial charge in [-0.05, 0) is 32.0 Å². The van der Waals surface area contributed by atoms with E-state index >= 15 is 0 Å². The van der Waals surface area contributed by atoms with Gasteiger partial charge in [0, 0.05) is 13.1 Å². The van der Waals surface area contributed by atoms with Gasteiger partial charge < -0.3 is 14.7 Å². The zero-order chi connectivity index (χ0) is 13.7. The summed E-state index contributed by atoms with van der Waals surface area (Å²) < 4.78 is 18.7. The van der Waals surface area contributed by atoms with Crippen LogP contribution in [0.15, 0.2) is 24.3 Å². The molecule has 0 amide bonds. The summed E-state index contributed by atoms with van der Waals surface area (Å²) in [6.07, 6.45) is 3.98. The lowest BCUT2D eigenvalue weighted by molar-refractivity contribution is 0.0138. The summed E-state index contributed by atoms with van der Waals surface area (Å²) in [7, 11) is 1.96. The van der Waals surface area contributed by atoms with Crippen molar-refractivity contribution < 1.29 is 14.2 Å². The Kier molecular flexibility index (Phi) is 4.77. The second-order valence-corrected chi connectivity index (χ2v) is 5.45. The number of likely N-dealkylation sites (N-methyl/N-ethyl adjacent to an activating group) is 1. The fourth-order valence-electron chi connectivity index (χ4n) is 2.65. The number of aliphatic hydroxyl groups is 1. The number of benzene rings is 1. The van der Waals surface area contributed by atoms with Crippen molar-refractivity contribution in [1.82, 2.24) is 4.90 Å². The van der Waals surface area contributed by atoms with Crippen LogP contribution < -0.4 is 4.74 Å². The van der Waals surface area contributed by atoms with E-state index in [4.69, 9.17) is 4.74 Å². The molecule has 4 heteroatoms. The van der Waals surface area contributed by atoms with Gasteiger partial charge >= 0.3 is 0 Å². The highest BCUT2D eigenvalue weighted by Crippen LogP contribution is 2.29. The van der Waals surface area contributed by atoms with Crippen LogP contribution in [-0.2, 0) is 0 Å². The van der Waals surface area contributed by atoms with Gasteiger partial charge in [0.25, 0.3) is 0 Å². The average Bonchev–Trinajstić information content (AvgIpc) is 2.78. The van der Waals surface area contributed by atoms with Crippen LogP contribution in [0.5, 0.6) is 5.75 Å². The highest BCUT2D eigenvalue weighted by Gasteiger charge is 2.31. The first-order valence-electron chi connectivity index (χ1n) is 6.87. The maximum Gasteiger partial charge on any atom is 0.165 e. The van der Waals surface area contributed by atoms with Crippen LogP contribution in [0.2, 0.25) is 0 Å². The van der Waals surface area contributed by atoms with Gasteiger partial charge in [0.05, 0.1) is 5.60 Å². The SMILES string of the molecule is CN(CCOc1ccccc1F)CC1(O)CCCC1. The van der Waals surface area contributed by atoms with Gasteiger partial charge in [0.1, 0.15) is 6.61 Å². The molecule has 19 heavy (non-hydrogen) atoms. The van der Waals surface area contributed by atoms with Gasteiger partial charge in [-0.3, -0.25) is 0 Å². The van der Waals surface area contributed by atoms with E-state index in [0.717, 1.165) is 25.7 Å². The molecule has 1 aromatic carbocycles. The van der Waals surface area contributed by atoms with Gasteiger partial charge in [0.15, 0.2) is 11.6 Å². The Morgan fingerprint density at radius 3 is 2.68 bits per heavy atom. The topological polar surface area (TPSA) is 32.7 Å². The number of halogens is 1. The quantitative estimate of drug-likeness (QED) is 0.859. The molecule has 0 atom stereocenters. The summed E-state index contributed by atoms with van der Waals surface area (Å²) in [5.41, 5.74) is -0.535. The minimum Gasteiger partial charge on any atom is -0.489 e. The Hall–Kier alpha value is -1.13. The largest absolute Gasteiger partial charge is 0.489 e. The molecule has 0 radical (unpaired) electrons. The normalized spacial score (nSPS) is 17.9. The smallest absolute Gasteiger partial charge is 0.165 e. The van der Waals surface area contributed by atoms with Crippen molar-refractivity contribution in [2.24, 2.45) is 0 Å². The lowest BCUT2D eigenvalue weighted by Gasteiger charge is -2.28. The Morgan fingerprint density at radius 2 is 2.00 bits per heavy atom. The molecule has 1 saturated carbocycles. The maximum atomic E-state index is 13.3. The van der Waals surface area contributed by atoms with Crippen molar-refractivity contribution in [3.63, 3.8) is 0 Å². The van der Waals surface area contributed by atoms with Crippen LogP contribution in [0.3, 0.4) is 0 Å². The van der Waals surface area contributed by atoms with E-state index in [2.05, 4.69) is 0 Å². The van der Waals surface area contributed by atoms with E-state index < -0.39 is 5.60 Å². The van der Waals surface area contributed by atoms with E-state index in [0.29, 0.717) is 19.7 Å². The summed E-state index contributed by atoms with van der Waals surface area (Å²) in [6.45, 7) is 1.76. The second-order valence-electron chi connectivity index (χ2n) is 5.45. The minimum absolute atomic E-state index is 0.287. The fraction of sp³-hybridized carbons (Fsp3) is 0.600. The highest BCUT2D eigenvalue weighted by molar-refractivity contribution is 5.23. The molecule has 0 aromatic heterocycles. The van der Waals surface area contributed by atoms with Gasteiger partial charge in [-0.2, -0.15) is 0 Å². The fourth-order valence-corrected chi connectivity index (χ4v) is 2.65. The lowest BCUT2D eigenvalue weighted by atomic mass is 10.0. The predicted octanol–water partition coefficient (Wildman–Crippen LogP) is 2.44. The number of nitrogens with zero attached hydrogens (tertiary/aromatic N) is 1. The molecule has 3 nitrogen and oxygen atoms in total. The van der Waals surface area contributed by atoms with E-state index in [9.17, 15) is 9.50 Å². The minimum atomic E-state index is -0.535. The van der Waals surface area contributed by atoms with Crippen LogP contribution in [0.25, 0.3) is 0 Å². The molecule has 1 N–H and O–H groups in total. The molecule has 2 rings (SSSR count). The first kappa shape index (κ1) is 14.3. The molecule has 0 saturated heterocycles. The molecule has 1 aromatic rings. The van der Waals surface area contributed by atoms with E-state index in [1.807, 2.05) is 11.9 Å². The Balaban J connectivity index is 1.72. The zero-order valence-corrected chi connectivity index (χ0v) is 11.4. The molecule has 1 aliphatic rings. The van der Waals surface area contributed by atoms with Crippen molar-refractivity contribution in [2.45, 2.75) is 31.3 Å². The van der Waals surface area contributed by atoms with E-state index in [-0.39, 0.29) is 11.6 Å². The third-order valence-electron chi connectivity index (χ3n) is 3.67. The Morgan fingerprint density at radius 1 is 1.32 bits per heavy atom. The van der Waals surface area contributed by atoms with Crippen molar-refractivity contribution in [1.29, 1.82) is 0 Å². The van der Waals surface area contributed by atoms with Gasteiger partial charge in [-0.15, -0.1) is 0 Å². The van der Waals surface area contributed by atoms with Gasteiger partial charge in [0.2, 0.25) is 0 Å². The predicted molar refractivity (Wildman–Crippen MR) is 72.8 cm³/mol. The molecule has 1 fully saturated rings. The van der Waals surface area contributed by atoms with Crippen molar-refractivity contribution in [2.75, 3.05) is 26.7 Å². The monoisotopic (exact) mass is 267 g/mol. The molecular formula is C15H22FNO2. The van der Waals surface area contributed by atoms with E-state index in [1.165, 1.54) is 6.07 Å². The van der Waals surface area contributed by atoms with Crippen LogP contribution in [0.4, 0.5) is 4.39 Å². The molecule has 0 bridgehead atoms. The number of hydrogen-bond acceptors (Lipinski definition) is 3. The summed E-state index contributed by atoms with van der Waals surface area (Å²) in [4.78, 5) is 2.05. The first-order valence-corrected chi connectivity index (χ1v) is 6.87. The third-order valence-corrected chi connectivity index (χ3v) is 3.67. The number of rotatable bonds is 6. The zero-order valence-electron chi connectivity index (χ0n) is 11.4. The maximum absolute atomic E-state index is 13.3. The molecule has 1 aliphatic carbocycles. The summed E-state index contributed by atoms with van der Waals surface area (Å²) in [5, 5.41) is 10.3. The summed E-state index contributed by atoms with van der Waals surface area (Å²) in [5.74, 6) is -0.0462. The highest BCUT2D eigenvalue weighted by atomic mass is 19.1. The first-order chi connectivity index (χ1) is 9.09. The Labute approximate surface area is 114 Å². The number of ether oxygens (including phenoxy) is 1. The summed E-state index contributed by atoms with van der Waals surface area (Å²) in [6, 6.07) is 6.41. The average molecular weight is 267 g/mol. The molecule has 0 heterocycles. The molecule has 0 spiro atoms. The Bertz CT molecular complexity index is 405. The van der Waals surface area contributed by atoms with E-state index in [1.54, 1.807) is 18.2 Å². The summed E-state index contributed by atoms with van der Waals surface area (Å²) >= 11 is 0. The molecule has 0 unspecified atom stereocenters. The van der Waals surface area contributed by atoms with Crippen LogP contribution in [-0.4, -0.2) is 42.4 Å². The van der Waals surface area contributed by atoms with Crippen LogP contribution in [0, 0.1) is 5.82 Å². The molecule has 0 aliphatic heterocycles. The van der Waals surface area contributed by atoms with Crippen LogP contribution in [0.1, 0.15) is 25.7 Å². The number of hydrogen-bond donors (Lipinski definition) is 1. The van der Waals surface area contributed by atoms with Crippen LogP contribution >= 0.6 is 0 Å². The van der Waals surface area contributed by atoms with Gasteiger partial charge in [-0.1, -0.05) is 25.0 Å². The van der Waals surface area contributed by atoms with Crippen molar-refractivity contribution >= 4 is 0 Å². The van der Waals surface area contributed by atoms with Crippen molar-refractivity contribution in [3.05, 3.63) is 30.1 Å².